The molecule has 2 rings (SSSR count). The van der Waals surface area contributed by atoms with E-state index in [1.165, 1.54) is 0 Å². The predicted molar refractivity (Wildman–Crippen MR) is 100 cm³/mol. The molecule has 0 spiro atoms. The third-order valence-electron chi connectivity index (χ3n) is 3.14. The van der Waals surface area contributed by atoms with Crippen molar-refractivity contribution in [1.82, 2.24) is 0 Å². The van der Waals surface area contributed by atoms with E-state index < -0.39 is 0 Å². The van der Waals surface area contributed by atoms with Gasteiger partial charge in [-0.2, -0.15) is 0 Å². The monoisotopic (exact) mass is 391 g/mol. The minimum atomic E-state index is -0.171. The zero-order valence-electron chi connectivity index (χ0n) is 14.1. The van der Waals surface area contributed by atoms with Crippen molar-refractivity contribution in [2.24, 2.45) is 0 Å². The minimum Gasteiger partial charge on any atom is -0.492 e. The van der Waals surface area contributed by atoms with Gasteiger partial charge < -0.3 is 14.8 Å². The van der Waals surface area contributed by atoms with Crippen LogP contribution in [-0.2, 0) is 0 Å². The van der Waals surface area contributed by atoms with Crippen molar-refractivity contribution >= 4 is 27.5 Å². The number of benzene rings is 2. The molecule has 2 aromatic rings. The summed E-state index contributed by atoms with van der Waals surface area (Å²) in [6.07, 6.45) is 1.06. The fraction of sp³-hybridized carbons (Fsp3) is 0.316. The number of nitrogens with one attached hydrogen (secondary N) is 1. The molecule has 2 aromatic carbocycles. The molecular formula is C19H22BrNO3. The quantitative estimate of drug-likeness (QED) is 0.698. The molecule has 0 saturated carbocycles. The van der Waals surface area contributed by atoms with Crippen molar-refractivity contribution in [1.29, 1.82) is 0 Å². The van der Waals surface area contributed by atoms with E-state index in [9.17, 15) is 4.79 Å². The number of hydrogen-bond acceptors (Lipinski definition) is 3. The molecular weight excluding hydrogens is 370 g/mol. The molecule has 0 aliphatic carbocycles. The van der Waals surface area contributed by atoms with E-state index in [1.54, 1.807) is 18.2 Å². The third kappa shape index (κ3) is 5.27. The Morgan fingerprint density at radius 1 is 1.17 bits per heavy atom. The molecule has 1 N–H and O–H groups in total. The predicted octanol–water partition coefficient (Wildman–Crippen LogP) is 5.28. The van der Waals surface area contributed by atoms with Gasteiger partial charge in [0.2, 0.25) is 0 Å². The number of rotatable bonds is 7. The topological polar surface area (TPSA) is 47.6 Å². The maximum atomic E-state index is 12.4. The second-order valence-corrected chi connectivity index (χ2v) is 6.49. The Morgan fingerprint density at radius 2 is 1.88 bits per heavy atom. The first-order valence-corrected chi connectivity index (χ1v) is 8.79. The Hall–Kier alpha value is -2.01. The summed E-state index contributed by atoms with van der Waals surface area (Å²) in [6, 6.07) is 12.6. The summed E-state index contributed by atoms with van der Waals surface area (Å²) in [7, 11) is 0. The van der Waals surface area contributed by atoms with Crippen molar-refractivity contribution in [3.05, 3.63) is 52.5 Å². The SMILES string of the molecule is CCCOc1ccc(C(=O)Nc2ccc(OC(C)C)cc2)cc1Br. The number of ether oxygens (including phenoxy) is 2. The average molecular weight is 392 g/mol. The summed E-state index contributed by atoms with van der Waals surface area (Å²) >= 11 is 3.44. The average Bonchev–Trinajstić information content (AvgIpc) is 2.55. The van der Waals surface area contributed by atoms with Crippen LogP contribution in [0, 0.1) is 0 Å². The molecule has 5 heteroatoms. The highest BCUT2D eigenvalue weighted by Crippen LogP contribution is 2.26. The summed E-state index contributed by atoms with van der Waals surface area (Å²) in [4.78, 5) is 12.4. The van der Waals surface area contributed by atoms with Crippen LogP contribution in [0.5, 0.6) is 11.5 Å². The van der Waals surface area contributed by atoms with Crippen molar-refractivity contribution in [2.45, 2.75) is 33.3 Å². The van der Waals surface area contributed by atoms with E-state index in [0.717, 1.165) is 28.1 Å². The molecule has 0 saturated heterocycles. The molecule has 0 radical (unpaired) electrons. The molecule has 0 fully saturated rings. The van der Waals surface area contributed by atoms with Gasteiger partial charge in [-0.15, -0.1) is 0 Å². The largest absolute Gasteiger partial charge is 0.492 e. The molecule has 0 aliphatic heterocycles. The normalized spacial score (nSPS) is 10.5. The van der Waals surface area contributed by atoms with Gasteiger partial charge in [-0.25, -0.2) is 0 Å². The first-order chi connectivity index (χ1) is 11.5. The number of hydrogen-bond donors (Lipinski definition) is 1. The number of anilines is 1. The van der Waals surface area contributed by atoms with Crippen LogP contribution in [0.15, 0.2) is 46.9 Å². The molecule has 4 nitrogen and oxygen atoms in total. The van der Waals surface area contributed by atoms with Crippen molar-refractivity contribution in [3.8, 4) is 11.5 Å². The van der Waals surface area contributed by atoms with Crippen LogP contribution in [0.2, 0.25) is 0 Å². The van der Waals surface area contributed by atoms with Crippen molar-refractivity contribution < 1.29 is 14.3 Å². The zero-order valence-corrected chi connectivity index (χ0v) is 15.7. The number of halogens is 1. The number of carbonyl (C=O) groups excluding carboxylic acids is 1. The fourth-order valence-electron chi connectivity index (χ4n) is 2.06. The molecule has 0 bridgehead atoms. The van der Waals surface area contributed by atoms with E-state index in [0.29, 0.717) is 12.2 Å². The van der Waals surface area contributed by atoms with Gasteiger partial charge in [-0.1, -0.05) is 6.92 Å². The van der Waals surface area contributed by atoms with Crippen LogP contribution in [-0.4, -0.2) is 18.6 Å². The standard InChI is InChI=1S/C19H22BrNO3/c1-4-11-23-18-10-5-14(12-17(18)20)19(22)21-15-6-8-16(9-7-15)24-13(2)3/h5-10,12-13H,4,11H2,1-3H3,(H,21,22). The Bertz CT molecular complexity index is 684. The minimum absolute atomic E-state index is 0.122. The Labute approximate surface area is 151 Å². The molecule has 128 valence electrons. The fourth-order valence-corrected chi connectivity index (χ4v) is 2.56. The maximum Gasteiger partial charge on any atom is 0.255 e. The summed E-state index contributed by atoms with van der Waals surface area (Å²) in [5.41, 5.74) is 1.28. The smallest absolute Gasteiger partial charge is 0.255 e. The molecule has 0 atom stereocenters. The zero-order chi connectivity index (χ0) is 17.5. The lowest BCUT2D eigenvalue weighted by Gasteiger charge is -2.11. The molecule has 0 unspecified atom stereocenters. The second kappa shape index (κ2) is 8.73. The van der Waals surface area contributed by atoms with Crippen LogP contribution in [0.25, 0.3) is 0 Å². The van der Waals surface area contributed by atoms with E-state index in [1.807, 2.05) is 45.0 Å². The highest BCUT2D eigenvalue weighted by atomic mass is 79.9. The van der Waals surface area contributed by atoms with Crippen molar-refractivity contribution in [3.63, 3.8) is 0 Å². The molecule has 0 aromatic heterocycles. The van der Waals surface area contributed by atoms with E-state index in [-0.39, 0.29) is 12.0 Å². The van der Waals surface area contributed by atoms with Crippen LogP contribution in [0.4, 0.5) is 5.69 Å². The number of carbonyl (C=O) groups is 1. The molecule has 1 amide bonds. The van der Waals surface area contributed by atoms with Gasteiger partial charge in [-0.3, -0.25) is 4.79 Å². The lowest BCUT2D eigenvalue weighted by Crippen LogP contribution is -2.12. The van der Waals surface area contributed by atoms with Crippen LogP contribution in [0.1, 0.15) is 37.6 Å². The first-order valence-electron chi connectivity index (χ1n) is 8.00. The van der Waals surface area contributed by atoms with Gasteiger partial charge in [0, 0.05) is 11.3 Å². The molecule has 0 heterocycles. The van der Waals surface area contributed by atoms with Gasteiger partial charge in [-0.05, 0) is 78.7 Å². The lowest BCUT2D eigenvalue weighted by atomic mass is 10.2. The highest BCUT2D eigenvalue weighted by molar-refractivity contribution is 9.10. The van der Waals surface area contributed by atoms with Crippen LogP contribution < -0.4 is 14.8 Å². The Morgan fingerprint density at radius 3 is 2.46 bits per heavy atom. The van der Waals surface area contributed by atoms with Crippen LogP contribution >= 0.6 is 15.9 Å². The van der Waals surface area contributed by atoms with Gasteiger partial charge in [0.05, 0.1) is 17.2 Å². The van der Waals surface area contributed by atoms with E-state index in [4.69, 9.17) is 9.47 Å². The summed E-state index contributed by atoms with van der Waals surface area (Å²) < 4.78 is 11.9. The summed E-state index contributed by atoms with van der Waals surface area (Å²) in [5, 5.41) is 2.87. The van der Waals surface area contributed by atoms with E-state index >= 15 is 0 Å². The molecule has 0 aliphatic rings. The first kappa shape index (κ1) is 18.3. The van der Waals surface area contributed by atoms with Gasteiger partial charge >= 0.3 is 0 Å². The van der Waals surface area contributed by atoms with E-state index in [2.05, 4.69) is 21.2 Å². The maximum absolute atomic E-state index is 12.4. The van der Waals surface area contributed by atoms with Gasteiger partial charge in [0.1, 0.15) is 11.5 Å². The Balaban J connectivity index is 2.02. The Kier molecular flexibility index (Phi) is 6.67. The second-order valence-electron chi connectivity index (χ2n) is 5.64. The third-order valence-corrected chi connectivity index (χ3v) is 3.76. The molecule has 24 heavy (non-hydrogen) atoms. The summed E-state index contributed by atoms with van der Waals surface area (Å²) in [6.45, 7) is 6.64. The number of amides is 1. The van der Waals surface area contributed by atoms with Crippen molar-refractivity contribution in [2.75, 3.05) is 11.9 Å². The van der Waals surface area contributed by atoms with Gasteiger partial charge in [0.25, 0.3) is 5.91 Å². The highest BCUT2D eigenvalue weighted by Gasteiger charge is 2.10. The van der Waals surface area contributed by atoms with Gasteiger partial charge in [0.15, 0.2) is 0 Å². The summed E-state index contributed by atoms with van der Waals surface area (Å²) in [5.74, 6) is 1.35. The lowest BCUT2D eigenvalue weighted by molar-refractivity contribution is 0.102. The van der Waals surface area contributed by atoms with Crippen LogP contribution in [0.3, 0.4) is 0 Å².